The predicted molar refractivity (Wildman–Crippen MR) is 246 cm³/mol. The minimum atomic E-state index is -0.987. The molecule has 10 nitrogen and oxygen atoms in total. The quantitative estimate of drug-likeness (QED) is 0.0657. The molecule has 6 aromatic rings. The summed E-state index contributed by atoms with van der Waals surface area (Å²) in [6.07, 6.45) is -6.71. The molecule has 2 aliphatic heterocycles. The normalized spacial score (nSPS) is 24.3. The van der Waals surface area contributed by atoms with Gasteiger partial charge in [-0.15, -0.1) is 0 Å². The van der Waals surface area contributed by atoms with Crippen molar-refractivity contribution in [1.29, 1.82) is 0 Å². The van der Waals surface area contributed by atoms with Gasteiger partial charge in [-0.05, 0) is 33.4 Å². The van der Waals surface area contributed by atoms with Crippen molar-refractivity contribution in [2.75, 3.05) is 13.7 Å². The molecule has 0 N–H and O–H groups in total. The van der Waals surface area contributed by atoms with Gasteiger partial charge in [-0.1, -0.05) is 189 Å². The molecule has 0 unspecified atom stereocenters. The van der Waals surface area contributed by atoms with Gasteiger partial charge in [-0.3, -0.25) is 0 Å². The standard InChI is InChI=1S/C55H58O10/c1-40-48(57-33-41-21-9-3-10-22-41)50(59-35-43-25-13-5-14-26-43)53(62-38-46-31-19-8-20-32-46)55(64-40)63-39-47-49(58-34-42-23-11-4-12-24-42)51(60-36-44-27-15-6-16-28-44)52(54(56-2)65-47)61-37-45-29-17-7-18-30-45/h3-32,47-55H,1,33-39H2,2H3/t47-,48-,49-,50+,51+,52-,53-,54+,55+/m1/s1. The van der Waals surface area contributed by atoms with Crippen molar-refractivity contribution >= 4 is 0 Å². The van der Waals surface area contributed by atoms with Crippen LogP contribution < -0.4 is 0 Å². The van der Waals surface area contributed by atoms with Crippen LogP contribution in [0, 0.1) is 0 Å². The highest BCUT2D eigenvalue weighted by Crippen LogP contribution is 2.35. The molecule has 0 aromatic heterocycles. The van der Waals surface area contributed by atoms with E-state index >= 15 is 0 Å². The minimum absolute atomic E-state index is 0.00000662. The van der Waals surface area contributed by atoms with Crippen LogP contribution >= 0.6 is 0 Å². The number of ether oxygens (including phenoxy) is 10. The van der Waals surface area contributed by atoms with Crippen LogP contribution in [0.4, 0.5) is 0 Å². The van der Waals surface area contributed by atoms with Crippen molar-refractivity contribution in [1.82, 2.24) is 0 Å². The lowest BCUT2D eigenvalue weighted by Crippen LogP contribution is -2.62. The first kappa shape index (κ1) is 46.0. The van der Waals surface area contributed by atoms with Gasteiger partial charge in [0.15, 0.2) is 6.29 Å². The van der Waals surface area contributed by atoms with Crippen LogP contribution in [0.3, 0.4) is 0 Å². The summed E-state index contributed by atoms with van der Waals surface area (Å²) < 4.78 is 66.8. The smallest absolute Gasteiger partial charge is 0.228 e. The van der Waals surface area contributed by atoms with Gasteiger partial charge in [0.25, 0.3) is 0 Å². The zero-order valence-corrected chi connectivity index (χ0v) is 36.8. The third-order valence-electron chi connectivity index (χ3n) is 11.4. The molecular weight excluding hydrogens is 821 g/mol. The summed E-state index contributed by atoms with van der Waals surface area (Å²) >= 11 is 0. The van der Waals surface area contributed by atoms with Crippen molar-refractivity contribution < 1.29 is 47.4 Å². The molecule has 0 amide bonds. The molecule has 2 heterocycles. The van der Waals surface area contributed by atoms with Gasteiger partial charge in [0.1, 0.15) is 48.5 Å². The summed E-state index contributed by atoms with van der Waals surface area (Å²) in [5.74, 6) is 0.359. The first-order valence-electron chi connectivity index (χ1n) is 22.2. The topological polar surface area (TPSA) is 92.3 Å². The van der Waals surface area contributed by atoms with Gasteiger partial charge in [0, 0.05) is 7.11 Å². The first-order valence-corrected chi connectivity index (χ1v) is 22.2. The largest absolute Gasteiger partial charge is 0.464 e. The molecular formula is C55H58O10. The molecule has 0 spiro atoms. The molecule has 0 aliphatic carbocycles. The van der Waals surface area contributed by atoms with E-state index in [-0.39, 0.29) is 19.8 Å². The third kappa shape index (κ3) is 13.1. The Hall–Kier alpha value is -5.50. The number of rotatable bonds is 22. The molecule has 10 heteroatoms. The van der Waals surface area contributed by atoms with E-state index in [0.29, 0.717) is 32.2 Å². The van der Waals surface area contributed by atoms with Crippen LogP contribution in [0.15, 0.2) is 194 Å². The number of benzene rings is 6. The van der Waals surface area contributed by atoms with Crippen molar-refractivity contribution in [2.45, 2.75) is 94.9 Å². The molecule has 8 rings (SSSR count). The van der Waals surface area contributed by atoms with Crippen LogP contribution in [0.2, 0.25) is 0 Å². The fourth-order valence-corrected chi connectivity index (χ4v) is 8.02. The van der Waals surface area contributed by atoms with Crippen molar-refractivity contribution in [3.05, 3.63) is 228 Å². The number of hydrogen-bond donors (Lipinski definition) is 0. The van der Waals surface area contributed by atoms with Crippen molar-refractivity contribution in [3.63, 3.8) is 0 Å². The highest BCUT2D eigenvalue weighted by molar-refractivity contribution is 5.19. The Balaban J connectivity index is 1.09. The third-order valence-corrected chi connectivity index (χ3v) is 11.4. The van der Waals surface area contributed by atoms with E-state index in [9.17, 15) is 0 Å². The van der Waals surface area contributed by atoms with Gasteiger partial charge < -0.3 is 47.4 Å². The second-order valence-corrected chi connectivity index (χ2v) is 16.1. The van der Waals surface area contributed by atoms with E-state index in [2.05, 4.69) is 6.58 Å². The summed E-state index contributed by atoms with van der Waals surface area (Å²) in [5, 5.41) is 0. The molecule has 2 saturated heterocycles. The fraction of sp³-hybridized carbons (Fsp3) is 0.309. The van der Waals surface area contributed by atoms with Gasteiger partial charge in [-0.2, -0.15) is 0 Å². The van der Waals surface area contributed by atoms with Crippen LogP contribution in [-0.2, 0) is 87.0 Å². The summed E-state index contributed by atoms with van der Waals surface area (Å²) in [4.78, 5) is 0. The molecule has 2 aliphatic rings. The zero-order chi connectivity index (χ0) is 44.5. The molecule has 0 saturated carbocycles. The lowest BCUT2D eigenvalue weighted by molar-refractivity contribution is -0.335. The Morgan fingerprint density at radius 2 is 0.692 bits per heavy atom. The summed E-state index contributed by atoms with van der Waals surface area (Å²) in [6, 6.07) is 60.0. The van der Waals surface area contributed by atoms with Gasteiger partial charge >= 0.3 is 0 Å². The molecule has 9 atom stereocenters. The highest BCUT2D eigenvalue weighted by Gasteiger charge is 2.51. The summed E-state index contributed by atoms with van der Waals surface area (Å²) in [7, 11) is 1.60. The Kier molecular flexibility index (Phi) is 17.1. The number of hydrogen-bond acceptors (Lipinski definition) is 10. The van der Waals surface area contributed by atoms with E-state index in [1.165, 1.54) is 0 Å². The Bertz CT molecular complexity index is 2250. The van der Waals surface area contributed by atoms with Crippen LogP contribution in [0.25, 0.3) is 0 Å². The van der Waals surface area contributed by atoms with Crippen molar-refractivity contribution in [3.8, 4) is 0 Å². The lowest BCUT2D eigenvalue weighted by Gasteiger charge is -2.46. The molecule has 0 radical (unpaired) electrons. The van der Waals surface area contributed by atoms with Crippen molar-refractivity contribution in [2.24, 2.45) is 0 Å². The molecule has 2 fully saturated rings. The summed E-state index contributed by atoms with van der Waals surface area (Å²) in [5.41, 5.74) is 5.97. The molecule has 65 heavy (non-hydrogen) atoms. The van der Waals surface area contributed by atoms with E-state index in [1.807, 2.05) is 182 Å². The zero-order valence-electron chi connectivity index (χ0n) is 36.8. The average molecular weight is 879 g/mol. The molecule has 6 aromatic carbocycles. The SMILES string of the molecule is C=C1O[C@H](OC[C@H]2O[C@H](OC)[C@H](OCc3ccccc3)[C@@H](OCc3ccccc3)[C@@H]2OCc2ccccc2)[C@H](OCc2ccccc2)[C@@H](OCc2ccccc2)[C@@H]1OCc1ccccc1. The van der Waals surface area contributed by atoms with E-state index in [0.717, 1.165) is 33.4 Å². The van der Waals surface area contributed by atoms with Crippen LogP contribution in [-0.4, -0.2) is 69.0 Å². The average Bonchev–Trinajstić information content (AvgIpc) is 3.36. The van der Waals surface area contributed by atoms with E-state index < -0.39 is 55.3 Å². The summed E-state index contributed by atoms with van der Waals surface area (Å²) in [6.45, 7) is 6.13. The maximum Gasteiger partial charge on any atom is 0.228 e. The van der Waals surface area contributed by atoms with Gasteiger partial charge in [-0.25, -0.2) is 0 Å². The fourth-order valence-electron chi connectivity index (χ4n) is 8.02. The Labute approximate surface area is 382 Å². The monoisotopic (exact) mass is 878 g/mol. The van der Waals surface area contributed by atoms with E-state index in [4.69, 9.17) is 47.4 Å². The van der Waals surface area contributed by atoms with Crippen LogP contribution in [0.5, 0.6) is 0 Å². The minimum Gasteiger partial charge on any atom is -0.464 e. The van der Waals surface area contributed by atoms with E-state index in [1.54, 1.807) is 7.11 Å². The predicted octanol–water partition coefficient (Wildman–Crippen LogP) is 9.76. The maximum atomic E-state index is 6.85. The lowest BCUT2D eigenvalue weighted by atomic mass is 9.97. The second kappa shape index (κ2) is 24.1. The van der Waals surface area contributed by atoms with Crippen LogP contribution in [0.1, 0.15) is 33.4 Å². The molecule has 0 bridgehead atoms. The highest BCUT2D eigenvalue weighted by atomic mass is 16.7. The first-order chi connectivity index (χ1) is 32.1. The Morgan fingerprint density at radius 1 is 0.369 bits per heavy atom. The Morgan fingerprint density at radius 3 is 1.08 bits per heavy atom. The number of methoxy groups -OCH3 is 1. The second-order valence-electron chi connectivity index (χ2n) is 16.1. The molecule has 338 valence electrons. The van der Waals surface area contributed by atoms with Gasteiger partial charge in [0.2, 0.25) is 6.29 Å². The maximum absolute atomic E-state index is 6.85. The van der Waals surface area contributed by atoms with Gasteiger partial charge in [0.05, 0.1) is 46.2 Å².